The Hall–Kier alpha value is -1.40. The molecule has 1 fully saturated rings. The van der Waals surface area contributed by atoms with Crippen molar-refractivity contribution in [3.8, 4) is 0 Å². The van der Waals surface area contributed by atoms with Gasteiger partial charge >= 0.3 is 6.18 Å². The molecule has 2 rings (SSSR count). The number of halogens is 3. The molecular formula is C15H19F3N2O. The largest absolute Gasteiger partial charge is 0.401 e. The van der Waals surface area contributed by atoms with Crippen LogP contribution >= 0.6 is 0 Å². The molecule has 0 saturated carbocycles. The lowest BCUT2D eigenvalue weighted by atomic mass is 10.1. The summed E-state index contributed by atoms with van der Waals surface area (Å²) in [5.41, 5.74) is 1.68. The van der Waals surface area contributed by atoms with Gasteiger partial charge in [0, 0.05) is 31.7 Å². The number of aryl methyl sites for hydroxylation is 1. The highest BCUT2D eigenvalue weighted by Crippen LogP contribution is 2.17. The molecule has 1 heterocycles. The lowest BCUT2D eigenvalue weighted by Crippen LogP contribution is -2.50. The lowest BCUT2D eigenvalue weighted by molar-refractivity contribution is -0.149. The molecular weight excluding hydrogens is 281 g/mol. The molecule has 0 N–H and O–H groups in total. The van der Waals surface area contributed by atoms with Gasteiger partial charge < -0.3 is 0 Å². The van der Waals surface area contributed by atoms with E-state index in [0.29, 0.717) is 31.7 Å². The van der Waals surface area contributed by atoms with Crippen molar-refractivity contribution in [2.24, 2.45) is 0 Å². The molecule has 0 unspecified atom stereocenters. The van der Waals surface area contributed by atoms with Crippen LogP contribution in [0, 0.1) is 6.92 Å². The van der Waals surface area contributed by atoms with Crippen LogP contribution in [0.3, 0.4) is 0 Å². The van der Waals surface area contributed by atoms with Gasteiger partial charge in [-0.25, -0.2) is 0 Å². The summed E-state index contributed by atoms with van der Waals surface area (Å²) in [5.74, 6) is 0.0166. The van der Waals surface area contributed by atoms with Crippen LogP contribution in [0.2, 0.25) is 0 Å². The van der Waals surface area contributed by atoms with Crippen molar-refractivity contribution in [1.82, 2.24) is 9.80 Å². The fourth-order valence-corrected chi connectivity index (χ4v) is 2.47. The Morgan fingerprint density at radius 2 is 1.76 bits per heavy atom. The molecule has 0 aliphatic carbocycles. The zero-order chi connectivity index (χ0) is 15.5. The van der Waals surface area contributed by atoms with Crippen molar-refractivity contribution in [3.63, 3.8) is 0 Å². The number of ketones is 1. The summed E-state index contributed by atoms with van der Waals surface area (Å²) in [6.07, 6.45) is -4.15. The van der Waals surface area contributed by atoms with E-state index in [1.165, 1.54) is 4.90 Å². The van der Waals surface area contributed by atoms with Gasteiger partial charge in [0.15, 0.2) is 5.78 Å². The van der Waals surface area contributed by atoms with E-state index in [0.717, 1.165) is 5.56 Å². The van der Waals surface area contributed by atoms with E-state index in [4.69, 9.17) is 0 Å². The number of hydrogen-bond acceptors (Lipinski definition) is 3. The van der Waals surface area contributed by atoms with Gasteiger partial charge in [0.05, 0.1) is 13.1 Å². The molecule has 0 aromatic heterocycles. The van der Waals surface area contributed by atoms with Gasteiger partial charge in [-0.2, -0.15) is 13.2 Å². The lowest BCUT2D eigenvalue weighted by Gasteiger charge is -2.34. The van der Waals surface area contributed by atoms with Crippen LogP contribution in [-0.2, 0) is 0 Å². The molecule has 1 aromatic rings. The Kier molecular flexibility index (Phi) is 5.00. The van der Waals surface area contributed by atoms with Gasteiger partial charge in [-0.1, -0.05) is 23.8 Å². The van der Waals surface area contributed by atoms with Gasteiger partial charge in [-0.3, -0.25) is 14.6 Å². The van der Waals surface area contributed by atoms with E-state index in [-0.39, 0.29) is 12.3 Å². The van der Waals surface area contributed by atoms with E-state index in [9.17, 15) is 18.0 Å². The molecule has 1 saturated heterocycles. The fraction of sp³-hybridized carbons (Fsp3) is 0.533. The van der Waals surface area contributed by atoms with Crippen molar-refractivity contribution in [3.05, 3.63) is 35.4 Å². The molecule has 1 aliphatic heterocycles. The highest BCUT2D eigenvalue weighted by atomic mass is 19.4. The molecule has 1 aliphatic rings. The minimum Gasteiger partial charge on any atom is -0.293 e. The number of piperazine rings is 1. The summed E-state index contributed by atoms with van der Waals surface area (Å²) < 4.78 is 36.9. The number of benzene rings is 1. The molecule has 0 bridgehead atoms. The Labute approximate surface area is 122 Å². The number of hydrogen-bond donors (Lipinski definition) is 0. The maximum atomic E-state index is 12.3. The predicted octanol–water partition coefficient (Wildman–Crippen LogP) is 2.36. The van der Waals surface area contributed by atoms with Crippen molar-refractivity contribution in [1.29, 1.82) is 0 Å². The summed E-state index contributed by atoms with van der Waals surface area (Å²) in [6, 6.07) is 7.37. The maximum Gasteiger partial charge on any atom is 0.401 e. The van der Waals surface area contributed by atoms with Gasteiger partial charge in [0.2, 0.25) is 0 Å². The standard InChI is InChI=1S/C15H19F3N2O/c1-12-3-2-4-13(9-12)14(21)10-19-5-7-20(8-6-19)11-15(16,17)18/h2-4,9H,5-8,10-11H2,1H3. The highest BCUT2D eigenvalue weighted by molar-refractivity contribution is 5.97. The topological polar surface area (TPSA) is 23.6 Å². The summed E-state index contributed by atoms with van der Waals surface area (Å²) in [4.78, 5) is 15.4. The first-order valence-corrected chi connectivity index (χ1v) is 6.95. The van der Waals surface area contributed by atoms with Crippen molar-refractivity contribution in [2.45, 2.75) is 13.1 Å². The summed E-state index contributed by atoms with van der Waals surface area (Å²) in [5, 5.41) is 0. The number of Topliss-reactive ketones (excluding diaryl/α,β-unsaturated/α-hetero) is 1. The Bertz CT molecular complexity index is 494. The minimum absolute atomic E-state index is 0.0166. The minimum atomic E-state index is -4.15. The molecule has 0 atom stereocenters. The summed E-state index contributed by atoms with van der Waals surface area (Å²) >= 11 is 0. The van der Waals surface area contributed by atoms with Crippen LogP contribution in [0.4, 0.5) is 13.2 Å². The average Bonchev–Trinajstić information content (AvgIpc) is 2.39. The molecule has 1 aromatic carbocycles. The van der Waals surface area contributed by atoms with Crippen molar-refractivity contribution < 1.29 is 18.0 Å². The smallest absolute Gasteiger partial charge is 0.293 e. The molecule has 21 heavy (non-hydrogen) atoms. The Morgan fingerprint density at radius 1 is 1.14 bits per heavy atom. The first-order chi connectivity index (χ1) is 9.83. The highest BCUT2D eigenvalue weighted by Gasteiger charge is 2.32. The molecule has 0 amide bonds. The fourth-order valence-electron chi connectivity index (χ4n) is 2.47. The molecule has 0 spiro atoms. The Balaban J connectivity index is 1.82. The van der Waals surface area contributed by atoms with E-state index in [1.54, 1.807) is 6.07 Å². The molecule has 0 radical (unpaired) electrons. The molecule has 116 valence electrons. The first kappa shape index (κ1) is 16.0. The first-order valence-electron chi connectivity index (χ1n) is 6.95. The quantitative estimate of drug-likeness (QED) is 0.798. The molecule has 3 nitrogen and oxygen atoms in total. The number of carbonyl (C=O) groups excluding carboxylic acids is 1. The van der Waals surface area contributed by atoms with Crippen molar-refractivity contribution >= 4 is 5.78 Å². The average molecular weight is 300 g/mol. The van der Waals surface area contributed by atoms with E-state index in [1.807, 2.05) is 30.0 Å². The van der Waals surface area contributed by atoms with Gasteiger partial charge in [0.25, 0.3) is 0 Å². The van der Waals surface area contributed by atoms with E-state index >= 15 is 0 Å². The Morgan fingerprint density at radius 3 is 2.33 bits per heavy atom. The summed E-state index contributed by atoms with van der Waals surface area (Å²) in [6.45, 7) is 3.01. The second-order valence-electron chi connectivity index (χ2n) is 5.46. The van der Waals surface area contributed by atoms with Gasteiger partial charge in [-0.15, -0.1) is 0 Å². The number of alkyl halides is 3. The van der Waals surface area contributed by atoms with Crippen molar-refractivity contribution in [2.75, 3.05) is 39.3 Å². The number of carbonyl (C=O) groups is 1. The van der Waals surface area contributed by atoms with Gasteiger partial charge in [0.1, 0.15) is 0 Å². The predicted molar refractivity (Wildman–Crippen MR) is 74.4 cm³/mol. The molecule has 6 heteroatoms. The van der Waals surface area contributed by atoms with Crippen LogP contribution in [0.5, 0.6) is 0 Å². The normalized spacial score (nSPS) is 17.9. The van der Waals surface area contributed by atoms with Crippen LogP contribution in [0.15, 0.2) is 24.3 Å². The second kappa shape index (κ2) is 6.58. The number of rotatable bonds is 4. The van der Waals surface area contributed by atoms with Gasteiger partial charge in [-0.05, 0) is 13.0 Å². The maximum absolute atomic E-state index is 12.3. The SMILES string of the molecule is Cc1cccc(C(=O)CN2CCN(CC(F)(F)F)CC2)c1. The zero-order valence-corrected chi connectivity index (χ0v) is 12.0. The zero-order valence-electron chi connectivity index (χ0n) is 12.0. The van der Waals surface area contributed by atoms with Crippen LogP contribution < -0.4 is 0 Å². The third-order valence-electron chi connectivity index (χ3n) is 3.58. The second-order valence-corrected chi connectivity index (χ2v) is 5.46. The summed E-state index contributed by atoms with van der Waals surface area (Å²) in [7, 11) is 0. The van der Waals surface area contributed by atoms with Crippen LogP contribution in [0.25, 0.3) is 0 Å². The van der Waals surface area contributed by atoms with E-state index in [2.05, 4.69) is 0 Å². The van der Waals surface area contributed by atoms with E-state index < -0.39 is 12.7 Å². The number of nitrogens with zero attached hydrogens (tertiary/aromatic N) is 2. The third-order valence-corrected chi connectivity index (χ3v) is 3.58. The third kappa shape index (κ3) is 5.13. The van der Waals surface area contributed by atoms with Crippen LogP contribution in [-0.4, -0.2) is 61.0 Å². The monoisotopic (exact) mass is 300 g/mol. The van der Waals surface area contributed by atoms with Crippen LogP contribution in [0.1, 0.15) is 15.9 Å².